The first kappa shape index (κ1) is 22.7. The van der Waals surface area contributed by atoms with E-state index in [1.165, 1.54) is 37.3 Å². The number of hydrogen-bond donors (Lipinski definition) is 1. The quantitative estimate of drug-likeness (QED) is 0.632. The highest BCUT2D eigenvalue weighted by Gasteiger charge is 2.64. The zero-order valence-corrected chi connectivity index (χ0v) is 18.0. The summed E-state index contributed by atoms with van der Waals surface area (Å²) in [6.45, 7) is 0.871. The largest absolute Gasteiger partial charge is 0.332 e. The topological polar surface area (TPSA) is 66.5 Å². The number of alkyl halides is 2. The van der Waals surface area contributed by atoms with E-state index >= 15 is 4.39 Å². The number of nitrogens with one attached hydrogen (secondary N) is 1. The SMILES string of the molecule is CCS(=O)(=O)NC[C@@H]1[C@@H](F)CN1C(=O)[C@@H]1C[C@@]1(F)c1ccccc1-c1c(F)cccc1F. The van der Waals surface area contributed by atoms with Gasteiger partial charge in [0.05, 0.1) is 29.8 Å². The third-order valence-electron chi connectivity index (χ3n) is 6.16. The fraction of sp³-hybridized carbons (Fsp3) is 0.409. The number of rotatable bonds is 7. The van der Waals surface area contributed by atoms with E-state index in [1.54, 1.807) is 0 Å². The number of likely N-dealkylation sites (tertiary alicyclic amines) is 1. The summed E-state index contributed by atoms with van der Waals surface area (Å²) in [7, 11) is -3.58. The first-order chi connectivity index (χ1) is 15.1. The summed E-state index contributed by atoms with van der Waals surface area (Å²) in [5.41, 5.74) is -2.53. The molecule has 2 aromatic carbocycles. The zero-order chi connectivity index (χ0) is 23.3. The number of nitrogens with zero attached hydrogens (tertiary/aromatic N) is 1. The van der Waals surface area contributed by atoms with Gasteiger partial charge in [-0.1, -0.05) is 30.3 Å². The van der Waals surface area contributed by atoms with Crippen LogP contribution in [0.1, 0.15) is 18.9 Å². The maximum Gasteiger partial charge on any atom is 0.229 e. The lowest BCUT2D eigenvalue weighted by molar-refractivity contribution is -0.147. The highest BCUT2D eigenvalue weighted by atomic mass is 32.2. The molecule has 1 saturated carbocycles. The van der Waals surface area contributed by atoms with Crippen LogP contribution in [0.3, 0.4) is 0 Å². The van der Waals surface area contributed by atoms with Crippen LogP contribution in [0, 0.1) is 17.6 Å². The second-order valence-electron chi connectivity index (χ2n) is 8.09. The lowest BCUT2D eigenvalue weighted by Crippen LogP contribution is -2.64. The van der Waals surface area contributed by atoms with Crippen molar-refractivity contribution in [1.82, 2.24) is 9.62 Å². The molecule has 32 heavy (non-hydrogen) atoms. The van der Waals surface area contributed by atoms with Crippen molar-refractivity contribution in [3.8, 4) is 11.1 Å². The molecule has 0 unspecified atom stereocenters. The van der Waals surface area contributed by atoms with Gasteiger partial charge in [-0.2, -0.15) is 0 Å². The van der Waals surface area contributed by atoms with Crippen LogP contribution >= 0.6 is 0 Å². The molecule has 0 spiro atoms. The molecule has 4 rings (SSSR count). The van der Waals surface area contributed by atoms with Crippen molar-refractivity contribution in [3.63, 3.8) is 0 Å². The number of hydrogen-bond acceptors (Lipinski definition) is 3. The van der Waals surface area contributed by atoms with Crippen molar-refractivity contribution in [3.05, 3.63) is 59.7 Å². The Bertz CT molecular complexity index is 1140. The van der Waals surface area contributed by atoms with Gasteiger partial charge in [-0.15, -0.1) is 0 Å². The highest BCUT2D eigenvalue weighted by Crippen LogP contribution is 2.59. The van der Waals surface area contributed by atoms with Crippen LogP contribution in [-0.4, -0.2) is 50.3 Å². The minimum absolute atomic E-state index is 0.0112. The molecule has 10 heteroatoms. The van der Waals surface area contributed by atoms with Gasteiger partial charge in [0.15, 0.2) is 0 Å². The lowest BCUT2D eigenvalue weighted by atomic mass is 9.93. The average Bonchev–Trinajstić information content (AvgIpc) is 3.44. The molecule has 2 fully saturated rings. The predicted octanol–water partition coefficient (Wildman–Crippen LogP) is 3.30. The molecule has 2 aromatic rings. The van der Waals surface area contributed by atoms with E-state index in [0.717, 1.165) is 17.0 Å². The van der Waals surface area contributed by atoms with E-state index < -0.39 is 51.4 Å². The Hall–Kier alpha value is -2.46. The average molecular weight is 470 g/mol. The van der Waals surface area contributed by atoms with Crippen LogP contribution in [0.2, 0.25) is 0 Å². The Morgan fingerprint density at radius 1 is 1.16 bits per heavy atom. The highest BCUT2D eigenvalue weighted by molar-refractivity contribution is 7.89. The molecular weight excluding hydrogens is 448 g/mol. The summed E-state index contributed by atoms with van der Waals surface area (Å²) in [5.74, 6) is -3.68. The minimum atomic E-state index is -3.58. The Kier molecular flexibility index (Phi) is 5.79. The minimum Gasteiger partial charge on any atom is -0.332 e. The third kappa shape index (κ3) is 3.90. The molecule has 172 valence electrons. The van der Waals surface area contributed by atoms with Crippen LogP contribution in [-0.2, 0) is 20.5 Å². The number of halogens is 4. The zero-order valence-electron chi connectivity index (χ0n) is 17.2. The van der Waals surface area contributed by atoms with Gasteiger partial charge in [0.1, 0.15) is 23.5 Å². The number of sulfonamides is 1. The number of carbonyl (C=O) groups is 1. The van der Waals surface area contributed by atoms with Gasteiger partial charge in [0.25, 0.3) is 0 Å². The molecule has 2 aliphatic rings. The lowest BCUT2D eigenvalue weighted by Gasteiger charge is -2.44. The van der Waals surface area contributed by atoms with E-state index in [-0.39, 0.29) is 42.0 Å². The van der Waals surface area contributed by atoms with Crippen LogP contribution < -0.4 is 4.72 Å². The van der Waals surface area contributed by atoms with Crippen molar-refractivity contribution in [2.75, 3.05) is 18.8 Å². The monoisotopic (exact) mass is 470 g/mol. The summed E-state index contributed by atoms with van der Waals surface area (Å²) < 4.78 is 84.1. The maximum atomic E-state index is 15.8. The fourth-order valence-corrected chi connectivity index (χ4v) is 4.77. The Morgan fingerprint density at radius 3 is 2.44 bits per heavy atom. The molecule has 1 aliphatic heterocycles. The van der Waals surface area contributed by atoms with Gasteiger partial charge in [-0.25, -0.2) is 30.7 Å². The molecule has 4 atom stereocenters. The predicted molar refractivity (Wildman–Crippen MR) is 111 cm³/mol. The van der Waals surface area contributed by atoms with Gasteiger partial charge in [-0.05, 0) is 30.2 Å². The normalized spacial score (nSPS) is 27.2. The van der Waals surface area contributed by atoms with Crippen LogP contribution in [0.5, 0.6) is 0 Å². The van der Waals surface area contributed by atoms with Crippen molar-refractivity contribution < 1.29 is 30.8 Å². The smallest absolute Gasteiger partial charge is 0.229 e. The molecule has 5 nitrogen and oxygen atoms in total. The standard InChI is InChI=1S/C22H22F4N2O3S/c1-2-32(30,31)27-11-19-18(25)12-28(19)21(29)15-10-22(15,26)14-7-4-3-6-13(14)20-16(23)8-5-9-17(20)24/h3-9,15,18-19,27H,2,10-12H2,1H3/t15-,18-,19+,22+/m0/s1. The Balaban J connectivity index is 1.56. The number of carbonyl (C=O) groups excluding carboxylic acids is 1. The summed E-state index contributed by atoms with van der Waals surface area (Å²) >= 11 is 0. The van der Waals surface area contributed by atoms with E-state index in [1.807, 2.05) is 0 Å². The fourth-order valence-electron chi connectivity index (χ4n) is 4.15. The summed E-state index contributed by atoms with van der Waals surface area (Å²) in [6, 6.07) is 8.13. The molecule has 1 N–H and O–H groups in total. The number of benzene rings is 2. The second-order valence-corrected chi connectivity index (χ2v) is 10.2. The molecule has 1 aliphatic carbocycles. The first-order valence-corrected chi connectivity index (χ1v) is 11.9. The van der Waals surface area contributed by atoms with Gasteiger partial charge in [-0.3, -0.25) is 4.79 Å². The van der Waals surface area contributed by atoms with Crippen molar-refractivity contribution in [2.45, 2.75) is 31.2 Å². The summed E-state index contributed by atoms with van der Waals surface area (Å²) in [5, 5.41) is 0. The molecular formula is C22H22F4N2O3S. The van der Waals surface area contributed by atoms with Gasteiger partial charge < -0.3 is 4.90 Å². The second kappa shape index (κ2) is 8.15. The molecule has 0 aromatic heterocycles. The first-order valence-electron chi connectivity index (χ1n) is 10.2. The van der Waals surface area contributed by atoms with Crippen LogP contribution in [0.15, 0.2) is 42.5 Å². The van der Waals surface area contributed by atoms with Crippen molar-refractivity contribution >= 4 is 15.9 Å². The number of amides is 1. The third-order valence-corrected chi connectivity index (χ3v) is 7.53. The van der Waals surface area contributed by atoms with E-state index in [0.29, 0.717) is 0 Å². The molecule has 1 heterocycles. The molecule has 0 radical (unpaired) electrons. The molecule has 1 saturated heterocycles. The van der Waals surface area contributed by atoms with Crippen LogP contribution in [0.4, 0.5) is 17.6 Å². The Morgan fingerprint density at radius 2 is 1.81 bits per heavy atom. The van der Waals surface area contributed by atoms with E-state index in [4.69, 9.17) is 0 Å². The van der Waals surface area contributed by atoms with Crippen LogP contribution in [0.25, 0.3) is 11.1 Å². The maximum absolute atomic E-state index is 15.8. The molecule has 1 amide bonds. The van der Waals surface area contributed by atoms with Crippen molar-refractivity contribution in [1.29, 1.82) is 0 Å². The van der Waals surface area contributed by atoms with E-state index in [9.17, 15) is 26.4 Å². The van der Waals surface area contributed by atoms with Gasteiger partial charge in [0.2, 0.25) is 15.9 Å². The summed E-state index contributed by atoms with van der Waals surface area (Å²) in [4.78, 5) is 14.0. The van der Waals surface area contributed by atoms with Crippen molar-refractivity contribution in [2.24, 2.45) is 5.92 Å². The van der Waals surface area contributed by atoms with Gasteiger partial charge >= 0.3 is 0 Å². The van der Waals surface area contributed by atoms with E-state index in [2.05, 4.69) is 4.72 Å². The summed E-state index contributed by atoms with van der Waals surface area (Å²) in [6.07, 6.45) is -1.63. The Labute approximate surface area is 183 Å². The van der Waals surface area contributed by atoms with Gasteiger partial charge in [0, 0.05) is 13.0 Å². The molecule has 0 bridgehead atoms.